The second-order valence-corrected chi connectivity index (χ2v) is 5.43. The molecule has 0 aliphatic carbocycles. The fourth-order valence-electron chi connectivity index (χ4n) is 2.44. The number of anilines is 2. The Bertz CT molecular complexity index is 554. The summed E-state index contributed by atoms with van der Waals surface area (Å²) >= 11 is 0. The third-order valence-electron chi connectivity index (χ3n) is 3.62. The van der Waals surface area contributed by atoms with Gasteiger partial charge in [0.1, 0.15) is 0 Å². The minimum absolute atomic E-state index is 0.357. The number of nitrogens with two attached hydrogens (primary N) is 2. The lowest BCUT2D eigenvalue weighted by Gasteiger charge is -2.10. The van der Waals surface area contributed by atoms with Crippen LogP contribution in [0.5, 0.6) is 0 Å². The van der Waals surface area contributed by atoms with Gasteiger partial charge < -0.3 is 21.3 Å². The van der Waals surface area contributed by atoms with Crippen molar-refractivity contribution in [3.63, 3.8) is 0 Å². The molecule has 2 rings (SSSR count). The van der Waals surface area contributed by atoms with Crippen LogP contribution in [-0.2, 0) is 0 Å². The summed E-state index contributed by atoms with van der Waals surface area (Å²) in [7, 11) is 0. The van der Waals surface area contributed by atoms with Crippen LogP contribution in [0, 0.1) is 0 Å². The summed E-state index contributed by atoms with van der Waals surface area (Å²) in [5.74, 6) is 1.11. The quantitative estimate of drug-likeness (QED) is 0.614. The molecule has 6 nitrogen and oxygen atoms in total. The van der Waals surface area contributed by atoms with Crippen molar-refractivity contribution in [1.82, 2.24) is 10.1 Å². The zero-order valence-electron chi connectivity index (χ0n) is 12.6. The Morgan fingerprint density at radius 2 is 2.14 bits per heavy atom. The highest BCUT2D eigenvalue weighted by Crippen LogP contribution is 2.25. The van der Waals surface area contributed by atoms with Crippen molar-refractivity contribution >= 4 is 22.6 Å². The maximum Gasteiger partial charge on any atom is 0.211 e. The lowest BCUT2D eigenvalue weighted by Crippen LogP contribution is -2.19. The fraction of sp³-hybridized carbons (Fsp3) is 0.600. The molecule has 21 heavy (non-hydrogen) atoms. The number of nitrogens with one attached hydrogen (secondary N) is 1. The van der Waals surface area contributed by atoms with E-state index in [0.29, 0.717) is 23.3 Å². The highest BCUT2D eigenvalue weighted by Gasteiger charge is 2.10. The SMILES string of the molecule is CCCC(N)CCCCCNc1nccc2c(N)noc12. The standard InChI is InChI=1S/C15H25N5O/c1-2-6-11(16)7-4-3-5-9-18-15-13-12(8-10-19-15)14(17)20-21-13/h8,10-11H,2-7,9,16H2,1H3,(H2,17,20)(H,18,19). The van der Waals surface area contributed by atoms with Crippen LogP contribution in [-0.4, -0.2) is 22.7 Å². The van der Waals surface area contributed by atoms with E-state index >= 15 is 0 Å². The van der Waals surface area contributed by atoms with Gasteiger partial charge in [-0.1, -0.05) is 31.3 Å². The molecule has 2 heterocycles. The van der Waals surface area contributed by atoms with Crippen LogP contribution in [0.1, 0.15) is 45.4 Å². The number of fused-ring (bicyclic) bond motifs is 1. The molecule has 116 valence electrons. The van der Waals surface area contributed by atoms with E-state index in [1.807, 2.05) is 6.07 Å². The summed E-state index contributed by atoms with van der Waals surface area (Å²) in [5.41, 5.74) is 12.3. The molecule has 6 heteroatoms. The Kier molecular flexibility index (Phi) is 5.80. The third kappa shape index (κ3) is 4.32. The van der Waals surface area contributed by atoms with Crippen LogP contribution >= 0.6 is 0 Å². The normalized spacial score (nSPS) is 12.7. The predicted molar refractivity (Wildman–Crippen MR) is 86.1 cm³/mol. The topological polar surface area (TPSA) is 103 Å². The Hall–Kier alpha value is -1.82. The Morgan fingerprint density at radius 3 is 2.95 bits per heavy atom. The zero-order valence-corrected chi connectivity index (χ0v) is 12.6. The van der Waals surface area contributed by atoms with E-state index in [4.69, 9.17) is 16.0 Å². The van der Waals surface area contributed by atoms with Gasteiger partial charge in [0.05, 0.1) is 5.39 Å². The van der Waals surface area contributed by atoms with Gasteiger partial charge >= 0.3 is 0 Å². The molecule has 0 aliphatic rings. The van der Waals surface area contributed by atoms with E-state index in [1.54, 1.807) is 6.20 Å². The Labute approximate surface area is 125 Å². The molecular weight excluding hydrogens is 266 g/mol. The van der Waals surface area contributed by atoms with Gasteiger partial charge in [0.25, 0.3) is 0 Å². The molecule has 0 aliphatic heterocycles. The van der Waals surface area contributed by atoms with Crippen LogP contribution in [0.25, 0.3) is 11.0 Å². The molecular formula is C15H25N5O. The number of nitrogen functional groups attached to an aromatic ring is 1. The van der Waals surface area contributed by atoms with Crippen LogP contribution < -0.4 is 16.8 Å². The average Bonchev–Trinajstić information content (AvgIpc) is 2.85. The van der Waals surface area contributed by atoms with Gasteiger partial charge in [0.2, 0.25) is 5.58 Å². The maximum atomic E-state index is 6.00. The van der Waals surface area contributed by atoms with Gasteiger partial charge in [-0.3, -0.25) is 0 Å². The van der Waals surface area contributed by atoms with Crippen molar-refractivity contribution in [3.8, 4) is 0 Å². The lowest BCUT2D eigenvalue weighted by molar-refractivity contribution is 0.460. The first-order chi connectivity index (χ1) is 10.2. The summed E-state index contributed by atoms with van der Waals surface area (Å²) in [6.45, 7) is 3.03. The fourth-order valence-corrected chi connectivity index (χ4v) is 2.44. The molecule has 0 fully saturated rings. The largest absolute Gasteiger partial charge is 0.380 e. The molecule has 0 saturated heterocycles. The van der Waals surface area contributed by atoms with Gasteiger partial charge in [-0.15, -0.1) is 0 Å². The van der Waals surface area contributed by atoms with Gasteiger partial charge in [0, 0.05) is 18.8 Å². The molecule has 0 bridgehead atoms. The van der Waals surface area contributed by atoms with Crippen LogP contribution in [0.2, 0.25) is 0 Å². The van der Waals surface area contributed by atoms with Crippen LogP contribution in [0.4, 0.5) is 11.6 Å². The van der Waals surface area contributed by atoms with Gasteiger partial charge in [-0.05, 0) is 25.3 Å². The van der Waals surface area contributed by atoms with Gasteiger partial charge in [-0.25, -0.2) is 4.98 Å². The number of aromatic nitrogens is 2. The summed E-state index contributed by atoms with van der Waals surface area (Å²) in [4.78, 5) is 4.27. The number of unbranched alkanes of at least 4 members (excludes halogenated alkanes) is 2. The highest BCUT2D eigenvalue weighted by molar-refractivity contribution is 5.93. The minimum atomic E-state index is 0.357. The third-order valence-corrected chi connectivity index (χ3v) is 3.62. The first-order valence-electron chi connectivity index (χ1n) is 7.71. The molecule has 1 unspecified atom stereocenters. The molecule has 0 aromatic carbocycles. The van der Waals surface area contributed by atoms with E-state index in [9.17, 15) is 0 Å². The Morgan fingerprint density at radius 1 is 1.29 bits per heavy atom. The van der Waals surface area contributed by atoms with Crippen molar-refractivity contribution < 1.29 is 4.52 Å². The van der Waals surface area contributed by atoms with E-state index < -0.39 is 0 Å². The van der Waals surface area contributed by atoms with Crippen molar-refractivity contribution in [2.75, 3.05) is 17.6 Å². The number of hydrogen-bond donors (Lipinski definition) is 3. The minimum Gasteiger partial charge on any atom is -0.380 e. The second kappa shape index (κ2) is 7.83. The van der Waals surface area contributed by atoms with Crippen LogP contribution in [0.15, 0.2) is 16.8 Å². The number of nitrogens with zero attached hydrogens (tertiary/aromatic N) is 2. The monoisotopic (exact) mass is 291 g/mol. The summed E-state index contributed by atoms with van der Waals surface area (Å²) in [5, 5.41) is 7.85. The molecule has 0 saturated carbocycles. The van der Waals surface area contributed by atoms with E-state index in [2.05, 4.69) is 22.4 Å². The van der Waals surface area contributed by atoms with Crippen molar-refractivity contribution in [3.05, 3.63) is 12.3 Å². The zero-order chi connectivity index (χ0) is 15.1. The summed E-state index contributed by atoms with van der Waals surface area (Å²) < 4.78 is 5.20. The molecule has 5 N–H and O–H groups in total. The number of rotatable bonds is 9. The smallest absolute Gasteiger partial charge is 0.211 e. The molecule has 0 spiro atoms. The van der Waals surface area contributed by atoms with Crippen molar-refractivity contribution in [2.24, 2.45) is 5.73 Å². The molecule has 2 aromatic heterocycles. The average molecular weight is 291 g/mol. The predicted octanol–water partition coefficient (Wildman–Crippen LogP) is 2.90. The highest BCUT2D eigenvalue weighted by atomic mass is 16.5. The first kappa shape index (κ1) is 15.6. The van der Waals surface area contributed by atoms with Gasteiger partial charge in [-0.2, -0.15) is 0 Å². The number of hydrogen-bond acceptors (Lipinski definition) is 6. The van der Waals surface area contributed by atoms with E-state index in [1.165, 1.54) is 19.3 Å². The van der Waals surface area contributed by atoms with E-state index in [-0.39, 0.29) is 0 Å². The number of pyridine rings is 1. The van der Waals surface area contributed by atoms with E-state index in [0.717, 1.165) is 31.2 Å². The molecule has 2 aromatic rings. The maximum absolute atomic E-state index is 6.00. The van der Waals surface area contributed by atoms with Gasteiger partial charge in [0.15, 0.2) is 11.6 Å². The van der Waals surface area contributed by atoms with Crippen molar-refractivity contribution in [1.29, 1.82) is 0 Å². The van der Waals surface area contributed by atoms with Crippen LogP contribution in [0.3, 0.4) is 0 Å². The molecule has 0 amide bonds. The molecule has 0 radical (unpaired) electrons. The summed E-state index contributed by atoms with van der Waals surface area (Å²) in [6, 6.07) is 2.16. The second-order valence-electron chi connectivity index (χ2n) is 5.43. The van der Waals surface area contributed by atoms with Crippen molar-refractivity contribution in [2.45, 2.75) is 51.5 Å². The Balaban J connectivity index is 1.71. The summed E-state index contributed by atoms with van der Waals surface area (Å²) in [6.07, 6.45) is 8.54. The first-order valence-corrected chi connectivity index (χ1v) is 7.71. The molecule has 1 atom stereocenters. The lowest BCUT2D eigenvalue weighted by atomic mass is 10.1.